The lowest BCUT2D eigenvalue weighted by Crippen LogP contribution is -1.90. The zero-order chi connectivity index (χ0) is 6.53. The van der Waals surface area contributed by atoms with Gasteiger partial charge in [0.05, 0.1) is 0 Å². The van der Waals surface area contributed by atoms with Crippen molar-refractivity contribution >= 4 is 35.3 Å². The van der Waals surface area contributed by atoms with Crippen LogP contribution in [0.25, 0.3) is 0 Å². The molecule has 1 unspecified atom stereocenters. The van der Waals surface area contributed by atoms with E-state index in [4.69, 9.17) is 0 Å². The van der Waals surface area contributed by atoms with Crippen LogP contribution in [0.5, 0.6) is 0 Å². The van der Waals surface area contributed by atoms with Gasteiger partial charge < -0.3 is 0 Å². The zero-order valence-corrected chi connectivity index (χ0v) is 8.08. The van der Waals surface area contributed by atoms with Gasteiger partial charge >= 0.3 is 0 Å². The van der Waals surface area contributed by atoms with Crippen LogP contribution in [-0.4, -0.2) is 34.5 Å². The standard InChI is InChI=1S/C6H12S3/c1-7-2-3-8-4-6-5-9-6/h6H,2-5H2,1H3. The maximum Gasteiger partial charge on any atom is 0.0229 e. The van der Waals surface area contributed by atoms with Crippen LogP contribution < -0.4 is 0 Å². The number of hydrogen-bond donors (Lipinski definition) is 0. The summed E-state index contributed by atoms with van der Waals surface area (Å²) in [5.74, 6) is 5.48. The minimum absolute atomic E-state index is 1.02. The Balaban J connectivity index is 1.71. The highest BCUT2D eigenvalue weighted by molar-refractivity contribution is 8.09. The van der Waals surface area contributed by atoms with Crippen LogP contribution in [0.3, 0.4) is 0 Å². The summed E-state index contributed by atoms with van der Waals surface area (Å²) in [6, 6.07) is 0. The highest BCUT2D eigenvalue weighted by atomic mass is 32.2. The molecule has 0 bridgehead atoms. The summed E-state index contributed by atoms with van der Waals surface area (Å²) >= 11 is 6.15. The predicted molar refractivity (Wildman–Crippen MR) is 52.0 cm³/mol. The van der Waals surface area contributed by atoms with Gasteiger partial charge in [-0.05, 0) is 6.26 Å². The van der Waals surface area contributed by atoms with E-state index in [9.17, 15) is 0 Å². The van der Waals surface area contributed by atoms with Gasteiger partial charge in [-0.1, -0.05) is 0 Å². The SMILES string of the molecule is CSCCSCC1CS1. The predicted octanol–water partition coefficient (Wildman–Crippen LogP) is 2.20. The van der Waals surface area contributed by atoms with E-state index in [-0.39, 0.29) is 0 Å². The molecule has 0 aromatic rings. The quantitative estimate of drug-likeness (QED) is 0.470. The third kappa shape index (κ3) is 4.45. The molecule has 1 heterocycles. The summed E-state index contributed by atoms with van der Waals surface area (Å²) < 4.78 is 0. The smallest absolute Gasteiger partial charge is 0.0229 e. The molecule has 1 fully saturated rings. The summed E-state index contributed by atoms with van der Waals surface area (Å²) in [6.07, 6.45) is 2.17. The van der Waals surface area contributed by atoms with E-state index in [0.717, 1.165) is 5.25 Å². The van der Waals surface area contributed by atoms with Crippen molar-refractivity contribution in [2.24, 2.45) is 0 Å². The van der Waals surface area contributed by atoms with Crippen LogP contribution in [0.15, 0.2) is 0 Å². The molecule has 0 spiro atoms. The lowest BCUT2D eigenvalue weighted by atomic mass is 10.6. The highest BCUT2D eigenvalue weighted by Gasteiger charge is 2.21. The fraction of sp³-hybridized carbons (Fsp3) is 1.00. The monoisotopic (exact) mass is 180 g/mol. The fourth-order valence-electron chi connectivity index (χ4n) is 0.521. The Morgan fingerprint density at radius 2 is 2.33 bits per heavy atom. The van der Waals surface area contributed by atoms with E-state index in [1.165, 1.54) is 23.0 Å². The molecule has 0 radical (unpaired) electrons. The molecule has 1 aliphatic heterocycles. The van der Waals surface area contributed by atoms with Gasteiger partial charge in [0.15, 0.2) is 0 Å². The van der Waals surface area contributed by atoms with Crippen molar-refractivity contribution in [2.75, 3.05) is 29.3 Å². The van der Waals surface area contributed by atoms with Gasteiger partial charge in [-0.25, -0.2) is 0 Å². The molecular formula is C6H12S3. The summed E-state index contributed by atoms with van der Waals surface area (Å²) in [6.45, 7) is 0. The van der Waals surface area contributed by atoms with Crippen LogP contribution in [0.1, 0.15) is 0 Å². The topological polar surface area (TPSA) is 0 Å². The Bertz CT molecular complexity index is 70.7. The molecule has 1 rings (SSSR count). The van der Waals surface area contributed by atoms with Crippen molar-refractivity contribution in [3.8, 4) is 0 Å². The maximum atomic E-state index is 2.17. The molecule has 0 aliphatic carbocycles. The van der Waals surface area contributed by atoms with E-state index in [1.54, 1.807) is 0 Å². The third-order valence-electron chi connectivity index (χ3n) is 1.14. The maximum absolute atomic E-state index is 2.17. The average molecular weight is 180 g/mol. The molecule has 0 nitrogen and oxygen atoms in total. The molecule has 1 atom stereocenters. The van der Waals surface area contributed by atoms with Gasteiger partial charge in [0, 0.05) is 28.3 Å². The van der Waals surface area contributed by atoms with Crippen molar-refractivity contribution in [1.82, 2.24) is 0 Å². The molecule has 0 amide bonds. The summed E-state index contributed by atoms with van der Waals surface area (Å²) in [4.78, 5) is 0. The lowest BCUT2D eigenvalue weighted by molar-refractivity contribution is 1.26. The van der Waals surface area contributed by atoms with Crippen LogP contribution in [0, 0.1) is 0 Å². The van der Waals surface area contributed by atoms with Gasteiger partial charge in [0.25, 0.3) is 0 Å². The highest BCUT2D eigenvalue weighted by Crippen LogP contribution is 2.32. The van der Waals surface area contributed by atoms with E-state index in [1.807, 2.05) is 11.8 Å². The second-order valence-corrected chi connectivity index (χ2v) is 5.49. The molecule has 0 saturated carbocycles. The molecule has 1 aliphatic rings. The summed E-state index contributed by atoms with van der Waals surface area (Å²) in [7, 11) is 0. The molecule has 3 heteroatoms. The molecule has 0 aromatic heterocycles. The van der Waals surface area contributed by atoms with E-state index < -0.39 is 0 Å². The second-order valence-electron chi connectivity index (χ2n) is 2.02. The minimum Gasteiger partial charge on any atom is -0.165 e. The first-order chi connectivity index (χ1) is 4.43. The number of hydrogen-bond acceptors (Lipinski definition) is 3. The van der Waals surface area contributed by atoms with Gasteiger partial charge in [-0.15, -0.1) is 0 Å². The van der Waals surface area contributed by atoms with Gasteiger partial charge in [-0.3, -0.25) is 0 Å². The molecule has 1 saturated heterocycles. The van der Waals surface area contributed by atoms with E-state index in [0.29, 0.717) is 0 Å². The number of rotatable bonds is 5. The van der Waals surface area contributed by atoms with Crippen molar-refractivity contribution in [3.63, 3.8) is 0 Å². The largest absolute Gasteiger partial charge is 0.165 e. The van der Waals surface area contributed by atoms with Gasteiger partial charge in [-0.2, -0.15) is 35.3 Å². The van der Waals surface area contributed by atoms with Crippen molar-refractivity contribution in [3.05, 3.63) is 0 Å². The van der Waals surface area contributed by atoms with Crippen molar-refractivity contribution in [2.45, 2.75) is 5.25 Å². The van der Waals surface area contributed by atoms with Crippen LogP contribution in [0.2, 0.25) is 0 Å². The third-order valence-corrected chi connectivity index (χ3v) is 4.32. The molecule has 54 valence electrons. The first-order valence-corrected chi connectivity index (χ1v) is 6.71. The van der Waals surface area contributed by atoms with Crippen molar-refractivity contribution in [1.29, 1.82) is 0 Å². The lowest BCUT2D eigenvalue weighted by Gasteiger charge is -1.94. The average Bonchev–Trinajstić information content (AvgIpc) is 2.63. The van der Waals surface area contributed by atoms with Gasteiger partial charge in [0.1, 0.15) is 0 Å². The first kappa shape index (κ1) is 8.15. The fourth-order valence-corrected chi connectivity index (χ4v) is 3.28. The Morgan fingerprint density at radius 1 is 1.56 bits per heavy atom. The van der Waals surface area contributed by atoms with Crippen molar-refractivity contribution < 1.29 is 0 Å². The van der Waals surface area contributed by atoms with Crippen LogP contribution in [0.4, 0.5) is 0 Å². The first-order valence-electron chi connectivity index (χ1n) is 3.12. The molecule has 0 N–H and O–H groups in total. The van der Waals surface area contributed by atoms with Crippen LogP contribution >= 0.6 is 35.3 Å². The molecule has 9 heavy (non-hydrogen) atoms. The Labute approximate surface area is 69.9 Å². The minimum atomic E-state index is 1.02. The van der Waals surface area contributed by atoms with E-state index >= 15 is 0 Å². The zero-order valence-electron chi connectivity index (χ0n) is 5.63. The Kier molecular flexibility index (Phi) is 4.35. The van der Waals surface area contributed by atoms with Gasteiger partial charge in [0.2, 0.25) is 0 Å². The summed E-state index contributed by atoms with van der Waals surface area (Å²) in [5, 5.41) is 1.02. The molecule has 0 aromatic carbocycles. The number of thioether (sulfide) groups is 3. The second kappa shape index (κ2) is 4.80. The van der Waals surface area contributed by atoms with Crippen LogP contribution in [-0.2, 0) is 0 Å². The Morgan fingerprint density at radius 3 is 2.89 bits per heavy atom. The van der Waals surface area contributed by atoms with E-state index in [2.05, 4.69) is 29.8 Å². The summed E-state index contributed by atoms with van der Waals surface area (Å²) in [5.41, 5.74) is 0. The Hall–Kier alpha value is 1.05. The normalized spacial score (nSPS) is 24.3. The molecular weight excluding hydrogens is 168 g/mol.